The number of nitrogens with zero attached hydrogens (tertiary/aromatic N) is 1. The van der Waals surface area contributed by atoms with Crippen molar-refractivity contribution in [3.8, 4) is 0 Å². The predicted octanol–water partition coefficient (Wildman–Crippen LogP) is 2.05. The molecule has 3 aromatic rings. The van der Waals surface area contributed by atoms with Crippen LogP contribution in [0, 0.1) is 0 Å². The molecule has 0 radical (unpaired) electrons. The number of urea groups is 1. The Morgan fingerprint density at radius 1 is 1.08 bits per heavy atom. The van der Waals surface area contributed by atoms with Crippen LogP contribution in [0.15, 0.2) is 60.8 Å². The Bertz CT molecular complexity index is 847. The number of para-hydroxylation sites is 1. The van der Waals surface area contributed by atoms with E-state index < -0.39 is 6.03 Å². The topological polar surface area (TPSA) is 89.3 Å². The smallest absolute Gasteiger partial charge is 0.350 e. The maximum Gasteiger partial charge on any atom is 0.350 e. The Kier molecular flexibility index (Phi) is 5.28. The molecule has 0 aliphatic carbocycles. The van der Waals surface area contributed by atoms with E-state index in [0.29, 0.717) is 13.0 Å². The van der Waals surface area contributed by atoms with Crippen molar-refractivity contribution in [2.24, 2.45) is 0 Å². The number of rotatable bonds is 7. The van der Waals surface area contributed by atoms with Crippen molar-refractivity contribution in [2.45, 2.75) is 13.1 Å². The number of amides is 3. The van der Waals surface area contributed by atoms with Crippen molar-refractivity contribution in [1.82, 2.24) is 26.3 Å². The van der Waals surface area contributed by atoms with Gasteiger partial charge in [-0.25, -0.2) is 15.2 Å². The molecule has 0 fully saturated rings. The predicted molar refractivity (Wildman–Crippen MR) is 94.9 cm³/mol. The zero-order chi connectivity index (χ0) is 17.5. The molecule has 25 heavy (non-hydrogen) atoms. The van der Waals surface area contributed by atoms with Crippen molar-refractivity contribution in [3.63, 3.8) is 0 Å². The molecule has 0 aliphatic rings. The third kappa shape index (κ3) is 4.15. The van der Waals surface area contributed by atoms with Gasteiger partial charge in [-0.3, -0.25) is 15.6 Å². The summed E-state index contributed by atoms with van der Waals surface area (Å²) in [6, 6.07) is 16.9. The molecule has 3 amide bonds. The van der Waals surface area contributed by atoms with Crippen LogP contribution in [0.2, 0.25) is 0 Å². The highest BCUT2D eigenvalue weighted by atomic mass is 16.2. The van der Waals surface area contributed by atoms with Gasteiger partial charge in [0.05, 0.1) is 6.54 Å². The van der Waals surface area contributed by atoms with Crippen LogP contribution in [0.5, 0.6) is 0 Å². The zero-order valence-electron chi connectivity index (χ0n) is 13.5. The summed E-state index contributed by atoms with van der Waals surface area (Å²) in [5.41, 5.74) is 10.9. The summed E-state index contributed by atoms with van der Waals surface area (Å²) in [6.45, 7) is 0.718. The lowest BCUT2D eigenvalue weighted by atomic mass is 10.2. The number of carbonyl (C=O) groups excluding carboxylic acids is 2. The van der Waals surface area contributed by atoms with E-state index in [-0.39, 0.29) is 6.54 Å². The van der Waals surface area contributed by atoms with Crippen molar-refractivity contribution in [1.29, 1.82) is 0 Å². The van der Waals surface area contributed by atoms with Crippen molar-refractivity contribution < 1.29 is 9.59 Å². The van der Waals surface area contributed by atoms with E-state index in [4.69, 9.17) is 0 Å². The second kappa shape index (κ2) is 7.98. The molecule has 0 unspecified atom stereocenters. The third-order valence-corrected chi connectivity index (χ3v) is 3.79. The first-order valence-corrected chi connectivity index (χ1v) is 7.87. The monoisotopic (exact) mass is 337 g/mol. The van der Waals surface area contributed by atoms with Crippen LogP contribution in [0.4, 0.5) is 4.79 Å². The van der Waals surface area contributed by atoms with E-state index in [1.165, 1.54) is 5.01 Å². The number of hydrogen-bond donors (Lipinski definition) is 4. The number of hydrazine groups is 2. The Labute approximate surface area is 145 Å². The Morgan fingerprint density at radius 2 is 1.84 bits per heavy atom. The molecule has 1 heterocycles. The third-order valence-electron chi connectivity index (χ3n) is 3.79. The summed E-state index contributed by atoms with van der Waals surface area (Å²) in [6.07, 6.45) is 2.37. The standard InChI is InChI=1S/C18H19N5O2/c24-13-21-23(12-14-6-2-1-3-7-14)18(25)22-20-11-15-10-19-17-9-5-4-8-16(15)17/h1-10,13,19-20H,11-12H2,(H,21,24)(H,22,25). The molecule has 2 aromatic carbocycles. The van der Waals surface area contributed by atoms with E-state index in [2.05, 4.69) is 21.3 Å². The van der Waals surface area contributed by atoms with Crippen molar-refractivity contribution in [3.05, 3.63) is 71.9 Å². The fraction of sp³-hybridized carbons (Fsp3) is 0.111. The number of aromatic amines is 1. The summed E-state index contributed by atoms with van der Waals surface area (Å²) < 4.78 is 0. The number of benzene rings is 2. The van der Waals surface area contributed by atoms with Crippen LogP contribution in [0.1, 0.15) is 11.1 Å². The van der Waals surface area contributed by atoms with Gasteiger partial charge in [0.15, 0.2) is 0 Å². The average Bonchev–Trinajstić information content (AvgIpc) is 3.05. The first-order valence-electron chi connectivity index (χ1n) is 7.87. The van der Waals surface area contributed by atoms with E-state index in [1.54, 1.807) is 0 Å². The summed E-state index contributed by atoms with van der Waals surface area (Å²) in [4.78, 5) is 26.2. The van der Waals surface area contributed by atoms with Crippen LogP contribution in [0.3, 0.4) is 0 Å². The van der Waals surface area contributed by atoms with Crippen LogP contribution >= 0.6 is 0 Å². The first-order chi connectivity index (χ1) is 12.3. The van der Waals surface area contributed by atoms with E-state index in [9.17, 15) is 9.59 Å². The van der Waals surface area contributed by atoms with Gasteiger partial charge in [-0.2, -0.15) is 0 Å². The Hall–Kier alpha value is -3.32. The van der Waals surface area contributed by atoms with Crippen LogP contribution < -0.4 is 16.3 Å². The molecule has 3 rings (SSSR count). The Morgan fingerprint density at radius 3 is 2.64 bits per heavy atom. The minimum atomic E-state index is -0.448. The lowest BCUT2D eigenvalue weighted by Gasteiger charge is -2.21. The highest BCUT2D eigenvalue weighted by Gasteiger charge is 2.13. The molecular weight excluding hydrogens is 318 g/mol. The second-order valence-corrected chi connectivity index (χ2v) is 5.46. The average molecular weight is 337 g/mol. The van der Waals surface area contributed by atoms with Crippen LogP contribution in [-0.4, -0.2) is 22.4 Å². The van der Waals surface area contributed by atoms with E-state index in [0.717, 1.165) is 22.0 Å². The number of carbonyl (C=O) groups is 2. The molecular formula is C18H19N5O2. The quantitative estimate of drug-likeness (QED) is 0.393. The fourth-order valence-corrected chi connectivity index (χ4v) is 2.57. The van der Waals surface area contributed by atoms with Gasteiger partial charge in [-0.1, -0.05) is 48.5 Å². The number of fused-ring (bicyclic) bond motifs is 1. The molecule has 0 aliphatic heterocycles. The fourth-order valence-electron chi connectivity index (χ4n) is 2.57. The normalized spacial score (nSPS) is 10.4. The van der Waals surface area contributed by atoms with Gasteiger partial charge >= 0.3 is 6.03 Å². The molecule has 4 N–H and O–H groups in total. The SMILES string of the molecule is O=CNN(Cc1ccccc1)C(=O)NNCc1c[nH]c2ccccc12. The number of hydrogen-bond acceptors (Lipinski definition) is 3. The molecule has 0 bridgehead atoms. The molecule has 0 saturated heterocycles. The number of aromatic nitrogens is 1. The van der Waals surface area contributed by atoms with Crippen LogP contribution in [0.25, 0.3) is 10.9 Å². The lowest BCUT2D eigenvalue weighted by molar-refractivity contribution is -0.112. The highest BCUT2D eigenvalue weighted by molar-refractivity contribution is 5.83. The lowest BCUT2D eigenvalue weighted by Crippen LogP contribution is -2.51. The maximum absolute atomic E-state index is 12.3. The summed E-state index contributed by atoms with van der Waals surface area (Å²) >= 11 is 0. The van der Waals surface area contributed by atoms with Gasteiger partial charge in [-0.05, 0) is 17.2 Å². The van der Waals surface area contributed by atoms with Crippen molar-refractivity contribution in [2.75, 3.05) is 0 Å². The van der Waals surface area contributed by atoms with Gasteiger partial charge in [0.1, 0.15) is 0 Å². The van der Waals surface area contributed by atoms with Gasteiger partial charge < -0.3 is 4.98 Å². The molecule has 0 atom stereocenters. The zero-order valence-corrected chi connectivity index (χ0v) is 13.5. The summed E-state index contributed by atoms with van der Waals surface area (Å²) in [5, 5.41) is 2.29. The molecule has 7 heteroatoms. The number of nitrogens with one attached hydrogen (secondary N) is 4. The van der Waals surface area contributed by atoms with Gasteiger partial charge in [0, 0.05) is 23.6 Å². The highest BCUT2D eigenvalue weighted by Crippen LogP contribution is 2.16. The molecule has 0 spiro atoms. The van der Waals surface area contributed by atoms with E-state index >= 15 is 0 Å². The van der Waals surface area contributed by atoms with Crippen molar-refractivity contribution >= 4 is 23.3 Å². The first kappa shape index (κ1) is 16.5. The minimum Gasteiger partial charge on any atom is -0.361 e. The van der Waals surface area contributed by atoms with Crippen LogP contribution in [-0.2, 0) is 17.9 Å². The van der Waals surface area contributed by atoms with E-state index in [1.807, 2.05) is 60.8 Å². The summed E-state index contributed by atoms with van der Waals surface area (Å²) in [7, 11) is 0. The summed E-state index contributed by atoms with van der Waals surface area (Å²) in [5.74, 6) is 0. The molecule has 128 valence electrons. The number of H-pyrrole nitrogens is 1. The Balaban J connectivity index is 1.57. The minimum absolute atomic E-state index is 0.264. The second-order valence-electron chi connectivity index (χ2n) is 5.46. The van der Waals surface area contributed by atoms with Gasteiger partial charge in [-0.15, -0.1) is 0 Å². The van der Waals surface area contributed by atoms with Gasteiger partial charge in [0.25, 0.3) is 0 Å². The van der Waals surface area contributed by atoms with Gasteiger partial charge in [0.2, 0.25) is 6.41 Å². The maximum atomic E-state index is 12.3. The largest absolute Gasteiger partial charge is 0.361 e. The molecule has 1 aromatic heterocycles. The molecule has 0 saturated carbocycles. The molecule has 7 nitrogen and oxygen atoms in total.